The molecule has 0 aliphatic carbocycles. The zero-order valence-corrected chi connectivity index (χ0v) is 15.8. The van der Waals surface area contributed by atoms with E-state index in [1.165, 1.54) is 24.3 Å². The van der Waals surface area contributed by atoms with E-state index < -0.39 is 11.9 Å². The summed E-state index contributed by atoms with van der Waals surface area (Å²) in [6.07, 6.45) is 0. The minimum absolute atomic E-state index is 0.0450. The highest BCUT2D eigenvalue weighted by Crippen LogP contribution is 2.27. The van der Waals surface area contributed by atoms with E-state index in [0.717, 1.165) is 11.1 Å². The maximum atomic E-state index is 11.7. The fourth-order valence-electron chi connectivity index (χ4n) is 2.30. The number of aromatic hydroxyl groups is 2. The van der Waals surface area contributed by atoms with Crippen LogP contribution in [-0.4, -0.2) is 48.3 Å². The van der Waals surface area contributed by atoms with Gasteiger partial charge >= 0.3 is 11.9 Å². The van der Waals surface area contributed by atoms with E-state index in [0.29, 0.717) is 13.1 Å². The number of esters is 2. The van der Waals surface area contributed by atoms with Crippen molar-refractivity contribution in [3.8, 4) is 23.0 Å². The first-order valence-corrected chi connectivity index (χ1v) is 8.77. The van der Waals surface area contributed by atoms with E-state index in [9.17, 15) is 19.8 Å². The minimum Gasteiger partial charge on any atom is -0.504 e. The molecule has 2 aromatic rings. The normalized spacial score (nSPS) is 10.5. The maximum Gasteiger partial charge on any atom is 0.325 e. The van der Waals surface area contributed by atoms with E-state index in [1.54, 1.807) is 12.1 Å². The second-order valence-corrected chi connectivity index (χ2v) is 6.24. The van der Waals surface area contributed by atoms with Crippen LogP contribution < -0.4 is 20.1 Å². The molecule has 0 radical (unpaired) electrons. The molecule has 2 rings (SSSR count). The first-order chi connectivity index (χ1) is 13.3. The predicted octanol–water partition coefficient (Wildman–Crippen LogP) is 1.40. The first kappa shape index (κ1) is 21.2. The van der Waals surface area contributed by atoms with Crippen LogP contribution in [0.25, 0.3) is 0 Å². The van der Waals surface area contributed by atoms with Crippen LogP contribution in [0, 0.1) is 13.8 Å². The maximum absolute atomic E-state index is 11.7. The molecule has 0 spiro atoms. The molecule has 8 nitrogen and oxygen atoms in total. The lowest BCUT2D eigenvalue weighted by molar-refractivity contribution is -0.134. The molecule has 0 aromatic heterocycles. The monoisotopic (exact) mass is 388 g/mol. The molecule has 0 saturated heterocycles. The number of carbonyl (C=O) groups is 2. The van der Waals surface area contributed by atoms with Crippen molar-refractivity contribution in [2.75, 3.05) is 26.2 Å². The van der Waals surface area contributed by atoms with Crippen LogP contribution in [-0.2, 0) is 9.59 Å². The lowest BCUT2D eigenvalue weighted by atomic mass is 10.2. The molecule has 2 aromatic carbocycles. The van der Waals surface area contributed by atoms with E-state index in [2.05, 4.69) is 10.6 Å². The Hall–Kier alpha value is -3.10. The second kappa shape index (κ2) is 10.3. The van der Waals surface area contributed by atoms with Gasteiger partial charge in [0.15, 0.2) is 23.0 Å². The third-order valence-corrected chi connectivity index (χ3v) is 3.69. The molecule has 0 aliphatic heterocycles. The fraction of sp³-hybridized carbons (Fsp3) is 0.300. The Morgan fingerprint density at radius 3 is 1.54 bits per heavy atom. The SMILES string of the molecule is Cc1ccc(OC(=O)CNCCNCC(=O)Oc2ccc(C)cc2O)c(O)c1. The molecule has 0 aliphatic rings. The van der Waals surface area contributed by atoms with Crippen molar-refractivity contribution in [3.63, 3.8) is 0 Å². The second-order valence-electron chi connectivity index (χ2n) is 6.24. The average molecular weight is 388 g/mol. The number of ether oxygens (including phenoxy) is 2. The number of nitrogens with one attached hydrogen (secondary N) is 2. The van der Waals surface area contributed by atoms with Crippen molar-refractivity contribution in [3.05, 3.63) is 47.5 Å². The summed E-state index contributed by atoms with van der Waals surface area (Å²) in [7, 11) is 0. The van der Waals surface area contributed by atoms with Crippen molar-refractivity contribution < 1.29 is 29.3 Å². The highest BCUT2D eigenvalue weighted by atomic mass is 16.5. The van der Waals surface area contributed by atoms with Gasteiger partial charge < -0.3 is 30.3 Å². The number of carbonyl (C=O) groups excluding carboxylic acids is 2. The highest BCUT2D eigenvalue weighted by molar-refractivity contribution is 5.75. The third kappa shape index (κ3) is 6.90. The number of rotatable bonds is 9. The van der Waals surface area contributed by atoms with Crippen LogP contribution in [0.1, 0.15) is 11.1 Å². The van der Waals surface area contributed by atoms with Gasteiger partial charge in [-0.2, -0.15) is 0 Å². The Kier molecular flexibility index (Phi) is 7.79. The molecular formula is C20H24N2O6. The third-order valence-electron chi connectivity index (χ3n) is 3.69. The van der Waals surface area contributed by atoms with Gasteiger partial charge in [0.1, 0.15) is 0 Å². The van der Waals surface area contributed by atoms with Crippen LogP contribution >= 0.6 is 0 Å². The Balaban J connectivity index is 1.59. The lowest BCUT2D eigenvalue weighted by Crippen LogP contribution is -2.35. The van der Waals surface area contributed by atoms with Crippen molar-refractivity contribution in [2.24, 2.45) is 0 Å². The predicted molar refractivity (Wildman–Crippen MR) is 103 cm³/mol. The highest BCUT2D eigenvalue weighted by Gasteiger charge is 2.10. The van der Waals surface area contributed by atoms with Gasteiger partial charge in [-0.15, -0.1) is 0 Å². The Morgan fingerprint density at radius 2 is 1.18 bits per heavy atom. The summed E-state index contributed by atoms with van der Waals surface area (Å²) >= 11 is 0. The zero-order valence-electron chi connectivity index (χ0n) is 15.8. The van der Waals surface area contributed by atoms with Gasteiger partial charge in [-0.05, 0) is 49.2 Å². The summed E-state index contributed by atoms with van der Waals surface area (Å²) in [6, 6.07) is 9.54. The number of hydrogen-bond donors (Lipinski definition) is 4. The van der Waals surface area contributed by atoms with Crippen LogP contribution in [0.3, 0.4) is 0 Å². The van der Waals surface area contributed by atoms with Gasteiger partial charge in [0.2, 0.25) is 0 Å². The smallest absolute Gasteiger partial charge is 0.325 e. The standard InChI is InChI=1S/C20H24N2O6/c1-13-3-5-17(15(23)9-13)27-19(25)11-21-7-8-22-12-20(26)28-18-6-4-14(2)10-16(18)24/h3-6,9-10,21-24H,7-8,11-12H2,1-2H3. The largest absolute Gasteiger partial charge is 0.504 e. The molecule has 0 unspecified atom stereocenters. The van der Waals surface area contributed by atoms with Gasteiger partial charge in [-0.3, -0.25) is 9.59 Å². The van der Waals surface area contributed by atoms with Gasteiger partial charge in [0.25, 0.3) is 0 Å². The van der Waals surface area contributed by atoms with Crippen LogP contribution in [0.5, 0.6) is 23.0 Å². The quantitative estimate of drug-likeness (QED) is 0.289. The van der Waals surface area contributed by atoms with Crippen LogP contribution in [0.4, 0.5) is 0 Å². The molecule has 28 heavy (non-hydrogen) atoms. The Labute approximate surface area is 163 Å². The number of phenolic OH excluding ortho intramolecular Hbond substituents is 2. The molecule has 0 saturated carbocycles. The van der Waals surface area contributed by atoms with E-state index >= 15 is 0 Å². The van der Waals surface area contributed by atoms with Crippen LogP contribution in [0.2, 0.25) is 0 Å². The van der Waals surface area contributed by atoms with Crippen molar-refractivity contribution in [2.45, 2.75) is 13.8 Å². The number of hydrogen-bond acceptors (Lipinski definition) is 8. The summed E-state index contributed by atoms with van der Waals surface area (Å²) in [6.45, 7) is 4.38. The fourth-order valence-corrected chi connectivity index (χ4v) is 2.30. The lowest BCUT2D eigenvalue weighted by Gasteiger charge is -2.09. The molecule has 0 fully saturated rings. The summed E-state index contributed by atoms with van der Waals surface area (Å²) in [5.41, 5.74) is 1.72. The topological polar surface area (TPSA) is 117 Å². The molecule has 150 valence electrons. The van der Waals surface area contributed by atoms with Gasteiger partial charge in [-0.25, -0.2) is 0 Å². The van der Waals surface area contributed by atoms with Gasteiger partial charge in [0, 0.05) is 13.1 Å². The van der Waals surface area contributed by atoms with E-state index in [1.807, 2.05) is 13.8 Å². The van der Waals surface area contributed by atoms with E-state index in [-0.39, 0.29) is 36.1 Å². The molecular weight excluding hydrogens is 364 g/mol. The zero-order chi connectivity index (χ0) is 20.5. The minimum atomic E-state index is -0.534. The molecule has 0 heterocycles. The summed E-state index contributed by atoms with van der Waals surface area (Å²) < 4.78 is 10.1. The molecule has 4 N–H and O–H groups in total. The van der Waals surface area contributed by atoms with E-state index in [4.69, 9.17) is 9.47 Å². The molecule has 0 atom stereocenters. The van der Waals surface area contributed by atoms with Crippen molar-refractivity contribution in [1.29, 1.82) is 0 Å². The summed E-state index contributed by atoms with van der Waals surface area (Å²) in [5, 5.41) is 25.1. The van der Waals surface area contributed by atoms with Crippen molar-refractivity contribution >= 4 is 11.9 Å². The average Bonchev–Trinajstić information content (AvgIpc) is 2.63. The number of aryl methyl sites for hydroxylation is 2. The molecule has 8 heteroatoms. The van der Waals surface area contributed by atoms with Gasteiger partial charge in [0.05, 0.1) is 13.1 Å². The first-order valence-electron chi connectivity index (χ1n) is 8.77. The Bertz CT molecular complexity index is 768. The summed E-state index contributed by atoms with van der Waals surface area (Å²) in [5.74, 6) is -1.03. The molecule has 0 amide bonds. The Morgan fingerprint density at radius 1 is 0.786 bits per heavy atom. The number of benzene rings is 2. The van der Waals surface area contributed by atoms with Gasteiger partial charge in [-0.1, -0.05) is 12.1 Å². The van der Waals surface area contributed by atoms with Crippen molar-refractivity contribution in [1.82, 2.24) is 10.6 Å². The number of phenols is 2. The van der Waals surface area contributed by atoms with Crippen LogP contribution in [0.15, 0.2) is 36.4 Å². The summed E-state index contributed by atoms with van der Waals surface area (Å²) in [4.78, 5) is 23.5. The molecule has 0 bridgehead atoms.